The van der Waals surface area contributed by atoms with E-state index in [9.17, 15) is 110 Å². The van der Waals surface area contributed by atoms with Gasteiger partial charge in [-0.2, -0.15) is 110 Å². The van der Waals surface area contributed by atoms with E-state index >= 15 is 0 Å². The molecule has 48 heavy (non-hydrogen) atoms. The van der Waals surface area contributed by atoms with Gasteiger partial charge in [0.05, 0.1) is 0 Å². The summed E-state index contributed by atoms with van der Waals surface area (Å²) in [5.41, 5.74) is 0. The Morgan fingerprint density at radius 3 is 0.708 bits per heavy atom. The second-order valence-electron chi connectivity index (χ2n) is 10.5. The molecule has 0 aromatic heterocycles. The minimum absolute atomic E-state index is 0.105. The number of unbranched alkanes of at least 4 members (excludes halogenated alkanes) is 8. The zero-order valence-corrected chi connectivity index (χ0v) is 23.5. The quantitative estimate of drug-likeness (QED) is 0.0854. The van der Waals surface area contributed by atoms with E-state index < -0.39 is 90.6 Å². The molecule has 0 unspecified atom stereocenters. The average molecular weight is 774 g/mol. The zero-order valence-electron chi connectivity index (χ0n) is 23.5. The third-order valence-corrected chi connectivity index (χ3v) is 6.96. The van der Waals surface area contributed by atoms with E-state index in [1.807, 2.05) is 6.92 Å². The van der Waals surface area contributed by atoms with Gasteiger partial charge in [-0.1, -0.05) is 58.3 Å². The molecule has 0 saturated carbocycles. The van der Waals surface area contributed by atoms with E-state index in [1.54, 1.807) is 0 Å². The van der Waals surface area contributed by atoms with Crippen LogP contribution in [0.5, 0.6) is 0 Å². The molecule has 0 aromatic carbocycles. The summed E-state index contributed by atoms with van der Waals surface area (Å²) in [6, 6.07) is 0. The van der Waals surface area contributed by atoms with Crippen molar-refractivity contribution in [3.8, 4) is 0 Å². The molecular weight excluding hydrogens is 751 g/mol. The first-order chi connectivity index (χ1) is 20.8. The van der Waals surface area contributed by atoms with Gasteiger partial charge >= 0.3 is 71.3 Å². The van der Waals surface area contributed by atoms with Crippen LogP contribution in [0.15, 0.2) is 0 Å². The largest absolute Gasteiger partial charge is 0.460 e. The van der Waals surface area contributed by atoms with Crippen molar-refractivity contribution in [3.05, 3.63) is 0 Å². The van der Waals surface area contributed by atoms with Gasteiger partial charge in [-0.15, -0.1) is 0 Å². The third kappa shape index (κ3) is 6.93. The first kappa shape index (κ1) is 46.2. The van der Waals surface area contributed by atoms with Crippen LogP contribution in [0.2, 0.25) is 0 Å². The van der Waals surface area contributed by atoms with Gasteiger partial charge in [0.1, 0.15) is 0 Å². The molecule has 0 aliphatic heterocycles. The number of hydrogen-bond donors (Lipinski definition) is 0. The Bertz CT molecular complexity index is 1040. The number of hydrogen-bond acceptors (Lipinski definition) is 0. The summed E-state index contributed by atoms with van der Waals surface area (Å²) in [7, 11) is 0. The fourth-order valence-corrected chi connectivity index (χ4v) is 3.80. The molecule has 0 atom stereocenters. The van der Waals surface area contributed by atoms with Crippen LogP contribution < -0.4 is 0 Å². The maximum Gasteiger partial charge on any atom is 0.460 e. The van der Waals surface area contributed by atoms with E-state index in [-0.39, 0.29) is 12.8 Å². The third-order valence-electron chi connectivity index (χ3n) is 6.96. The Hall–Kier alpha value is -1.75. The molecule has 0 aliphatic rings. The highest BCUT2D eigenvalue weighted by atomic mass is 19.4. The molecule has 0 fully saturated rings. The SMILES string of the molecule is CCCCCCCCCCCC(F)(F)C(F)(F)C(F)(F)C(F)(F)C(F)(F)C(F)(F)C(F)(F)C(F)(F)C(F)(F)C(F)(F)C(F)(F)C(F)(F)F. The van der Waals surface area contributed by atoms with Gasteiger partial charge in [-0.25, -0.2) is 0 Å². The molecular formula is C23H23F25. The minimum atomic E-state index is -9.56. The molecule has 290 valence electrons. The van der Waals surface area contributed by atoms with E-state index in [2.05, 4.69) is 0 Å². The molecule has 0 amide bonds. The molecule has 0 N–H and O–H groups in total. The Labute approximate surface area is 253 Å². The summed E-state index contributed by atoms with van der Waals surface area (Å²) in [6.45, 7) is 1.83. The highest BCUT2D eigenvalue weighted by Crippen LogP contribution is 2.67. The lowest BCUT2D eigenvalue weighted by atomic mass is 9.84. The standard InChI is InChI=1S/C23H23F25/c1-2-3-4-5-6-7-8-9-10-11-12(24,25)13(26,27)14(28,29)15(30,31)16(32,33)17(34,35)18(36,37)19(38,39)20(40,41)21(42,43)22(44,45)23(46,47)48/h2-11H2,1H3. The van der Waals surface area contributed by atoms with Gasteiger partial charge in [0.2, 0.25) is 0 Å². The molecule has 0 radical (unpaired) electrons. The lowest BCUT2D eigenvalue weighted by molar-refractivity contribution is -0.482. The molecule has 0 aliphatic carbocycles. The molecule has 0 rings (SSSR count). The van der Waals surface area contributed by atoms with Crippen LogP contribution in [0.3, 0.4) is 0 Å². The van der Waals surface area contributed by atoms with Crippen molar-refractivity contribution in [3.63, 3.8) is 0 Å². The number of halogens is 25. The molecule has 0 saturated heterocycles. The van der Waals surface area contributed by atoms with Crippen molar-refractivity contribution in [2.45, 2.75) is 142 Å². The molecule has 0 bridgehead atoms. The van der Waals surface area contributed by atoms with Crippen molar-refractivity contribution in [2.75, 3.05) is 0 Å². The predicted octanol–water partition coefficient (Wildman–Crippen LogP) is 12.5. The normalized spacial score (nSPS) is 16.1. The van der Waals surface area contributed by atoms with Gasteiger partial charge in [-0.05, 0) is 6.42 Å². The summed E-state index contributed by atoms with van der Waals surface area (Å²) in [4.78, 5) is 0. The van der Waals surface area contributed by atoms with E-state index in [0.29, 0.717) is 19.3 Å². The first-order valence-corrected chi connectivity index (χ1v) is 13.0. The smallest absolute Gasteiger partial charge is 0.200 e. The van der Waals surface area contributed by atoms with Crippen molar-refractivity contribution in [2.24, 2.45) is 0 Å². The summed E-state index contributed by atoms with van der Waals surface area (Å²) in [5.74, 6) is -97.6. The van der Waals surface area contributed by atoms with Crippen LogP contribution in [0.25, 0.3) is 0 Å². The number of rotatable bonds is 20. The van der Waals surface area contributed by atoms with Crippen LogP contribution in [-0.4, -0.2) is 71.3 Å². The Morgan fingerprint density at radius 1 is 0.250 bits per heavy atom. The van der Waals surface area contributed by atoms with Crippen LogP contribution in [0, 0.1) is 0 Å². The molecule has 0 nitrogen and oxygen atoms in total. The highest BCUT2D eigenvalue weighted by molar-refractivity contribution is 5.19. The lowest BCUT2D eigenvalue weighted by Crippen LogP contribution is -2.78. The highest BCUT2D eigenvalue weighted by Gasteiger charge is 2.99. The summed E-state index contributed by atoms with van der Waals surface area (Å²) < 4.78 is 337. The van der Waals surface area contributed by atoms with Crippen LogP contribution in [0.1, 0.15) is 71.1 Å². The first-order valence-electron chi connectivity index (χ1n) is 13.0. The van der Waals surface area contributed by atoms with Gasteiger partial charge < -0.3 is 0 Å². The second-order valence-corrected chi connectivity index (χ2v) is 10.5. The van der Waals surface area contributed by atoms with Crippen molar-refractivity contribution < 1.29 is 110 Å². The second kappa shape index (κ2) is 13.8. The number of alkyl halides is 25. The fraction of sp³-hybridized carbons (Fsp3) is 1.00. The van der Waals surface area contributed by atoms with Crippen molar-refractivity contribution in [1.82, 2.24) is 0 Å². The minimum Gasteiger partial charge on any atom is -0.200 e. The summed E-state index contributed by atoms with van der Waals surface area (Å²) >= 11 is 0. The average Bonchev–Trinajstić information content (AvgIpc) is 2.90. The van der Waals surface area contributed by atoms with E-state index in [1.165, 1.54) is 0 Å². The van der Waals surface area contributed by atoms with E-state index in [4.69, 9.17) is 0 Å². The van der Waals surface area contributed by atoms with Gasteiger partial charge in [0.15, 0.2) is 0 Å². The molecule has 25 heteroatoms. The van der Waals surface area contributed by atoms with E-state index in [0.717, 1.165) is 12.8 Å². The van der Waals surface area contributed by atoms with Gasteiger partial charge in [-0.3, -0.25) is 0 Å². The molecule has 0 aromatic rings. The Balaban J connectivity index is 6.61. The topological polar surface area (TPSA) is 0 Å². The molecule has 0 heterocycles. The molecule has 0 spiro atoms. The maximum absolute atomic E-state index is 14.0. The van der Waals surface area contributed by atoms with Crippen LogP contribution >= 0.6 is 0 Å². The van der Waals surface area contributed by atoms with Crippen molar-refractivity contribution >= 4 is 0 Å². The zero-order chi connectivity index (χ0) is 39.1. The van der Waals surface area contributed by atoms with Crippen molar-refractivity contribution in [1.29, 1.82) is 0 Å². The maximum atomic E-state index is 14.0. The van der Waals surface area contributed by atoms with Gasteiger partial charge in [0.25, 0.3) is 0 Å². The van der Waals surface area contributed by atoms with Crippen LogP contribution in [0.4, 0.5) is 110 Å². The lowest BCUT2D eigenvalue weighted by Gasteiger charge is -2.45. The predicted molar refractivity (Wildman–Crippen MR) is 112 cm³/mol. The summed E-state index contributed by atoms with van der Waals surface area (Å²) in [5, 5.41) is 0. The fourth-order valence-electron chi connectivity index (χ4n) is 3.80. The Morgan fingerprint density at radius 2 is 0.458 bits per heavy atom. The van der Waals surface area contributed by atoms with Crippen LogP contribution in [-0.2, 0) is 0 Å². The monoisotopic (exact) mass is 774 g/mol. The summed E-state index contributed by atoms with van der Waals surface area (Å²) in [6.07, 6.45) is -9.24. The Kier molecular flexibility index (Phi) is 13.3. The van der Waals surface area contributed by atoms with Gasteiger partial charge in [0, 0.05) is 6.42 Å².